The van der Waals surface area contributed by atoms with Crippen LogP contribution in [0.3, 0.4) is 0 Å². The smallest absolute Gasteiger partial charge is 0.119 e. The molecule has 0 aliphatic carbocycles. The Bertz CT molecular complexity index is 401. The molecule has 0 bridgehead atoms. The first-order valence-electron chi connectivity index (χ1n) is 5.96. The second kappa shape index (κ2) is 5.73. The maximum absolute atomic E-state index is 5.60. The third-order valence-corrected chi connectivity index (χ3v) is 3.00. The van der Waals surface area contributed by atoms with Gasteiger partial charge in [-0.15, -0.1) is 0 Å². The third kappa shape index (κ3) is 3.01. The van der Waals surface area contributed by atoms with Gasteiger partial charge in [-0.1, -0.05) is 12.1 Å². The fourth-order valence-corrected chi connectivity index (χ4v) is 2.06. The molecular formula is C14H19NO2. The lowest BCUT2D eigenvalue weighted by molar-refractivity contribution is 0.217. The topological polar surface area (TPSA) is 30.5 Å². The Kier molecular flexibility index (Phi) is 4.04. The first-order valence-corrected chi connectivity index (χ1v) is 5.96. The van der Waals surface area contributed by atoms with E-state index in [1.165, 1.54) is 5.56 Å². The lowest BCUT2D eigenvalue weighted by atomic mass is 10.0. The molecule has 1 aromatic carbocycles. The first-order chi connectivity index (χ1) is 8.33. The van der Waals surface area contributed by atoms with Crippen molar-refractivity contribution in [1.29, 1.82) is 0 Å². The van der Waals surface area contributed by atoms with Gasteiger partial charge in [0.15, 0.2) is 0 Å². The highest BCUT2D eigenvalue weighted by Crippen LogP contribution is 2.19. The van der Waals surface area contributed by atoms with Crippen molar-refractivity contribution in [3.63, 3.8) is 0 Å². The zero-order valence-electron chi connectivity index (χ0n) is 10.4. The molecule has 3 nitrogen and oxygen atoms in total. The summed E-state index contributed by atoms with van der Waals surface area (Å²) in [7, 11) is 3.66. The Morgan fingerprint density at radius 3 is 3.00 bits per heavy atom. The molecule has 1 heterocycles. The number of likely N-dealkylation sites (N-methyl/N-ethyl adjacent to an activating group) is 1. The monoisotopic (exact) mass is 233 g/mol. The van der Waals surface area contributed by atoms with Crippen LogP contribution in [-0.4, -0.2) is 26.8 Å². The minimum Gasteiger partial charge on any atom is -0.497 e. The molecule has 1 atom stereocenters. The van der Waals surface area contributed by atoms with E-state index in [0.29, 0.717) is 0 Å². The van der Waals surface area contributed by atoms with E-state index in [4.69, 9.17) is 9.47 Å². The molecule has 0 spiro atoms. The minimum absolute atomic E-state index is 0.254. The Labute approximate surface area is 102 Å². The summed E-state index contributed by atoms with van der Waals surface area (Å²) < 4.78 is 10.8. The predicted octanol–water partition coefficient (Wildman–Crippen LogP) is 2.13. The maximum Gasteiger partial charge on any atom is 0.119 e. The Morgan fingerprint density at radius 2 is 2.35 bits per heavy atom. The summed E-state index contributed by atoms with van der Waals surface area (Å²) in [6.45, 7) is 0.811. The molecule has 0 radical (unpaired) electrons. The molecule has 0 aromatic heterocycles. The summed E-state index contributed by atoms with van der Waals surface area (Å²) in [4.78, 5) is 0. The highest BCUT2D eigenvalue weighted by Gasteiger charge is 2.17. The minimum atomic E-state index is 0.254. The van der Waals surface area contributed by atoms with Gasteiger partial charge >= 0.3 is 0 Å². The van der Waals surface area contributed by atoms with Gasteiger partial charge in [0.2, 0.25) is 0 Å². The van der Waals surface area contributed by atoms with Crippen molar-refractivity contribution in [3.8, 4) is 5.75 Å². The van der Waals surface area contributed by atoms with Crippen molar-refractivity contribution < 1.29 is 9.47 Å². The van der Waals surface area contributed by atoms with Gasteiger partial charge < -0.3 is 14.8 Å². The van der Waals surface area contributed by atoms with Crippen LogP contribution in [0.4, 0.5) is 0 Å². The number of ether oxygens (including phenoxy) is 2. The zero-order chi connectivity index (χ0) is 12.1. The molecule has 0 fully saturated rings. The van der Waals surface area contributed by atoms with E-state index >= 15 is 0 Å². The van der Waals surface area contributed by atoms with E-state index in [1.54, 1.807) is 7.11 Å². The van der Waals surface area contributed by atoms with Gasteiger partial charge in [0, 0.05) is 6.42 Å². The quantitative estimate of drug-likeness (QED) is 0.845. The zero-order valence-corrected chi connectivity index (χ0v) is 10.4. The SMILES string of the molecule is CNC(Cc1cccc(OC)c1)C1=CCCO1. The maximum atomic E-state index is 5.60. The Hall–Kier alpha value is -1.48. The summed E-state index contributed by atoms with van der Waals surface area (Å²) in [6.07, 6.45) is 4.10. The summed E-state index contributed by atoms with van der Waals surface area (Å²) in [5.41, 5.74) is 1.25. The van der Waals surface area contributed by atoms with Crippen molar-refractivity contribution in [2.45, 2.75) is 18.9 Å². The average Bonchev–Trinajstić information content (AvgIpc) is 2.90. The summed E-state index contributed by atoms with van der Waals surface area (Å²) in [5.74, 6) is 1.97. The molecule has 0 amide bonds. The van der Waals surface area contributed by atoms with Crippen LogP contribution in [0, 0.1) is 0 Å². The molecule has 92 valence electrons. The summed E-state index contributed by atoms with van der Waals surface area (Å²) >= 11 is 0. The number of benzene rings is 1. The van der Waals surface area contributed by atoms with E-state index in [-0.39, 0.29) is 6.04 Å². The van der Waals surface area contributed by atoms with Crippen molar-refractivity contribution in [2.75, 3.05) is 20.8 Å². The van der Waals surface area contributed by atoms with Crippen LogP contribution >= 0.6 is 0 Å². The molecular weight excluding hydrogens is 214 g/mol. The molecule has 0 saturated heterocycles. The second-order valence-corrected chi connectivity index (χ2v) is 4.14. The second-order valence-electron chi connectivity index (χ2n) is 4.14. The number of hydrogen-bond donors (Lipinski definition) is 1. The van der Waals surface area contributed by atoms with Gasteiger partial charge in [-0.25, -0.2) is 0 Å². The van der Waals surface area contributed by atoms with Crippen LogP contribution in [0.15, 0.2) is 36.1 Å². The number of methoxy groups -OCH3 is 1. The molecule has 1 aromatic rings. The summed E-state index contributed by atoms with van der Waals surface area (Å²) in [5, 5.41) is 3.30. The van der Waals surface area contributed by atoms with Crippen LogP contribution in [0.1, 0.15) is 12.0 Å². The largest absolute Gasteiger partial charge is 0.497 e. The van der Waals surface area contributed by atoms with E-state index in [9.17, 15) is 0 Å². The summed E-state index contributed by atoms with van der Waals surface area (Å²) in [6, 6.07) is 8.42. The van der Waals surface area contributed by atoms with Gasteiger partial charge in [0.05, 0.1) is 19.8 Å². The number of hydrogen-bond acceptors (Lipinski definition) is 3. The van der Waals surface area contributed by atoms with Crippen LogP contribution < -0.4 is 10.1 Å². The highest BCUT2D eigenvalue weighted by molar-refractivity contribution is 5.30. The molecule has 1 N–H and O–H groups in total. The molecule has 2 rings (SSSR count). The molecule has 3 heteroatoms. The van der Waals surface area contributed by atoms with E-state index < -0.39 is 0 Å². The first kappa shape index (κ1) is 12.0. The lowest BCUT2D eigenvalue weighted by Crippen LogP contribution is -2.30. The Morgan fingerprint density at radius 1 is 1.47 bits per heavy atom. The molecule has 1 aliphatic rings. The third-order valence-electron chi connectivity index (χ3n) is 3.00. The predicted molar refractivity (Wildman–Crippen MR) is 68.2 cm³/mol. The van der Waals surface area contributed by atoms with Crippen molar-refractivity contribution in [1.82, 2.24) is 5.32 Å². The molecule has 1 aliphatic heterocycles. The average molecular weight is 233 g/mol. The van der Waals surface area contributed by atoms with Crippen LogP contribution in [0.2, 0.25) is 0 Å². The van der Waals surface area contributed by atoms with Crippen LogP contribution in [0.5, 0.6) is 5.75 Å². The van der Waals surface area contributed by atoms with E-state index in [2.05, 4.69) is 23.5 Å². The standard InChI is InChI=1S/C14H19NO2/c1-15-13(14-7-4-8-17-14)10-11-5-3-6-12(9-11)16-2/h3,5-7,9,13,15H,4,8,10H2,1-2H3. The van der Waals surface area contributed by atoms with E-state index in [1.807, 2.05) is 19.2 Å². The van der Waals surface area contributed by atoms with Gasteiger partial charge in [0.25, 0.3) is 0 Å². The normalized spacial score (nSPS) is 16.2. The van der Waals surface area contributed by atoms with Crippen LogP contribution in [0.25, 0.3) is 0 Å². The fourth-order valence-electron chi connectivity index (χ4n) is 2.06. The fraction of sp³-hybridized carbons (Fsp3) is 0.429. The highest BCUT2D eigenvalue weighted by atomic mass is 16.5. The molecule has 1 unspecified atom stereocenters. The Balaban J connectivity index is 2.06. The van der Waals surface area contributed by atoms with Crippen molar-refractivity contribution >= 4 is 0 Å². The van der Waals surface area contributed by atoms with Gasteiger partial charge in [0.1, 0.15) is 11.5 Å². The van der Waals surface area contributed by atoms with Crippen molar-refractivity contribution in [3.05, 3.63) is 41.7 Å². The van der Waals surface area contributed by atoms with Gasteiger partial charge in [-0.05, 0) is 37.2 Å². The molecule has 0 saturated carbocycles. The number of nitrogens with one attached hydrogen (secondary N) is 1. The number of rotatable bonds is 5. The van der Waals surface area contributed by atoms with Crippen molar-refractivity contribution in [2.24, 2.45) is 0 Å². The van der Waals surface area contributed by atoms with E-state index in [0.717, 1.165) is 31.0 Å². The van der Waals surface area contributed by atoms with Crippen LogP contribution in [-0.2, 0) is 11.2 Å². The van der Waals surface area contributed by atoms with Gasteiger partial charge in [-0.2, -0.15) is 0 Å². The lowest BCUT2D eigenvalue weighted by Gasteiger charge is -2.17. The molecule has 17 heavy (non-hydrogen) atoms. The van der Waals surface area contributed by atoms with Gasteiger partial charge in [-0.3, -0.25) is 0 Å².